The summed E-state index contributed by atoms with van der Waals surface area (Å²) in [5.41, 5.74) is 1.33. The van der Waals surface area contributed by atoms with Gasteiger partial charge in [-0.1, -0.05) is 32.0 Å². The zero-order valence-corrected chi connectivity index (χ0v) is 13.5. The van der Waals surface area contributed by atoms with Crippen LogP contribution < -0.4 is 10.1 Å². The van der Waals surface area contributed by atoms with Gasteiger partial charge in [0.2, 0.25) is 0 Å². The number of hydrogen-bond donors (Lipinski definition) is 2. The minimum atomic E-state index is 0.0402. The maximum Gasteiger partial charge on any atom is 0.123 e. The van der Waals surface area contributed by atoms with Gasteiger partial charge < -0.3 is 19.9 Å². The third-order valence-electron chi connectivity index (χ3n) is 5.16. The molecule has 22 heavy (non-hydrogen) atoms. The summed E-state index contributed by atoms with van der Waals surface area (Å²) < 4.78 is 11.6. The second kappa shape index (κ2) is 6.57. The molecule has 1 heterocycles. The van der Waals surface area contributed by atoms with Crippen molar-refractivity contribution in [1.82, 2.24) is 5.32 Å². The fourth-order valence-electron chi connectivity index (χ4n) is 4.10. The molecule has 1 saturated heterocycles. The summed E-state index contributed by atoms with van der Waals surface area (Å²) in [4.78, 5) is 0. The van der Waals surface area contributed by atoms with Crippen molar-refractivity contribution in [2.24, 2.45) is 11.3 Å². The molecule has 0 radical (unpaired) electrons. The highest BCUT2D eigenvalue weighted by Gasteiger charge is 2.57. The maximum atomic E-state index is 8.93. The molecule has 1 saturated carbocycles. The molecule has 1 aromatic carbocycles. The number of ether oxygens (including phenoxy) is 2. The van der Waals surface area contributed by atoms with Gasteiger partial charge in [-0.2, -0.15) is 0 Å². The normalized spacial score (nSPS) is 29.5. The zero-order chi connectivity index (χ0) is 15.6. The van der Waals surface area contributed by atoms with Gasteiger partial charge in [0, 0.05) is 36.1 Å². The molecule has 3 rings (SSSR count). The molecule has 1 aromatic rings. The second-order valence-electron chi connectivity index (χ2n) is 6.96. The van der Waals surface area contributed by atoms with Gasteiger partial charge in [-0.25, -0.2) is 0 Å². The molecular formula is C18H27NO3. The Morgan fingerprint density at radius 2 is 2.18 bits per heavy atom. The Morgan fingerprint density at radius 1 is 1.36 bits per heavy atom. The van der Waals surface area contributed by atoms with Crippen LogP contribution in [0.2, 0.25) is 0 Å². The maximum absolute atomic E-state index is 8.93. The number of rotatable bonds is 6. The van der Waals surface area contributed by atoms with E-state index >= 15 is 0 Å². The zero-order valence-electron chi connectivity index (χ0n) is 13.5. The van der Waals surface area contributed by atoms with Gasteiger partial charge >= 0.3 is 0 Å². The minimum absolute atomic E-state index is 0.0402. The van der Waals surface area contributed by atoms with Crippen LogP contribution >= 0.6 is 0 Å². The molecule has 0 aromatic heterocycles. The van der Waals surface area contributed by atoms with Crippen molar-refractivity contribution in [3.63, 3.8) is 0 Å². The van der Waals surface area contributed by atoms with Crippen molar-refractivity contribution in [3.8, 4) is 5.75 Å². The van der Waals surface area contributed by atoms with Gasteiger partial charge in [-0.15, -0.1) is 0 Å². The highest BCUT2D eigenvalue weighted by Crippen LogP contribution is 2.51. The third kappa shape index (κ3) is 2.87. The van der Waals surface area contributed by atoms with Crippen LogP contribution in [0.3, 0.4) is 0 Å². The number of para-hydroxylation sites is 1. The molecule has 4 nitrogen and oxygen atoms in total. The van der Waals surface area contributed by atoms with Crippen LogP contribution in [0.4, 0.5) is 0 Å². The van der Waals surface area contributed by atoms with Crippen molar-refractivity contribution in [2.45, 2.75) is 45.4 Å². The smallest absolute Gasteiger partial charge is 0.123 e. The summed E-state index contributed by atoms with van der Waals surface area (Å²) in [7, 11) is 0. The van der Waals surface area contributed by atoms with E-state index in [-0.39, 0.29) is 12.0 Å². The van der Waals surface area contributed by atoms with Crippen LogP contribution in [-0.2, 0) is 11.3 Å². The molecule has 4 heteroatoms. The SMILES string of the molecule is CC1(C)[C@H](NCc2ccccc2OCCO)[C@H]2CCCO[C@H]21. The molecule has 1 aliphatic carbocycles. The molecule has 3 atom stereocenters. The summed E-state index contributed by atoms with van der Waals surface area (Å²) in [5, 5.41) is 12.6. The van der Waals surface area contributed by atoms with Crippen LogP contribution in [0, 0.1) is 11.3 Å². The first-order valence-electron chi connectivity index (χ1n) is 8.31. The number of hydrogen-bond acceptors (Lipinski definition) is 4. The summed E-state index contributed by atoms with van der Waals surface area (Å²) in [5.74, 6) is 1.49. The second-order valence-corrected chi connectivity index (χ2v) is 6.96. The molecule has 0 amide bonds. The fourth-order valence-corrected chi connectivity index (χ4v) is 4.10. The van der Waals surface area contributed by atoms with E-state index in [4.69, 9.17) is 14.6 Å². The van der Waals surface area contributed by atoms with Crippen LogP contribution in [0.25, 0.3) is 0 Å². The van der Waals surface area contributed by atoms with Crippen LogP contribution in [0.1, 0.15) is 32.3 Å². The van der Waals surface area contributed by atoms with E-state index in [0.29, 0.717) is 24.7 Å². The first-order valence-corrected chi connectivity index (χ1v) is 8.31. The molecule has 2 aliphatic rings. The number of aliphatic hydroxyl groups excluding tert-OH is 1. The van der Waals surface area contributed by atoms with Gasteiger partial charge in [-0.05, 0) is 18.9 Å². The quantitative estimate of drug-likeness (QED) is 0.847. The van der Waals surface area contributed by atoms with E-state index in [1.807, 2.05) is 18.2 Å². The standard InChI is InChI=1S/C18H27NO3/c1-18(2)16(14-7-5-10-22-17(14)18)19-12-13-6-3-4-8-15(13)21-11-9-20/h3-4,6,8,14,16-17,19-20H,5,7,9-12H2,1-2H3/t14-,16-,17-/m1/s1. The van der Waals surface area contributed by atoms with E-state index < -0.39 is 0 Å². The lowest BCUT2D eigenvalue weighted by Crippen LogP contribution is -2.69. The van der Waals surface area contributed by atoms with Gasteiger partial charge in [0.25, 0.3) is 0 Å². The molecule has 122 valence electrons. The molecule has 0 spiro atoms. The molecule has 1 aliphatic heterocycles. The molecule has 2 N–H and O–H groups in total. The van der Waals surface area contributed by atoms with Gasteiger partial charge in [0.1, 0.15) is 12.4 Å². The van der Waals surface area contributed by atoms with E-state index in [1.54, 1.807) is 0 Å². The minimum Gasteiger partial charge on any atom is -0.491 e. The predicted octanol–water partition coefficient (Wildman–Crippen LogP) is 2.35. The van der Waals surface area contributed by atoms with Crippen molar-refractivity contribution in [3.05, 3.63) is 29.8 Å². The van der Waals surface area contributed by atoms with Crippen LogP contribution in [0.5, 0.6) is 5.75 Å². The molecule has 0 unspecified atom stereocenters. The van der Waals surface area contributed by atoms with E-state index in [9.17, 15) is 0 Å². The third-order valence-corrected chi connectivity index (χ3v) is 5.16. The average molecular weight is 305 g/mol. The van der Waals surface area contributed by atoms with Crippen molar-refractivity contribution in [1.29, 1.82) is 0 Å². The van der Waals surface area contributed by atoms with Gasteiger partial charge in [-0.3, -0.25) is 0 Å². The average Bonchev–Trinajstić information content (AvgIpc) is 2.54. The lowest BCUT2D eigenvalue weighted by molar-refractivity contribution is -0.193. The molecule has 2 fully saturated rings. The summed E-state index contributed by atoms with van der Waals surface area (Å²) in [6.07, 6.45) is 2.83. The van der Waals surface area contributed by atoms with Crippen LogP contribution in [0.15, 0.2) is 24.3 Å². The Hall–Kier alpha value is -1.10. The lowest BCUT2D eigenvalue weighted by atomic mass is 9.55. The van der Waals surface area contributed by atoms with E-state index in [1.165, 1.54) is 12.8 Å². The summed E-state index contributed by atoms with van der Waals surface area (Å²) in [6, 6.07) is 8.53. The Bertz CT molecular complexity index is 503. The molecule has 0 bridgehead atoms. The topological polar surface area (TPSA) is 50.7 Å². The highest BCUT2D eigenvalue weighted by molar-refractivity contribution is 5.33. The van der Waals surface area contributed by atoms with Gasteiger partial charge in [0.15, 0.2) is 0 Å². The summed E-state index contributed by atoms with van der Waals surface area (Å²) >= 11 is 0. The van der Waals surface area contributed by atoms with Crippen molar-refractivity contribution >= 4 is 0 Å². The Morgan fingerprint density at radius 3 is 3.00 bits per heavy atom. The predicted molar refractivity (Wildman–Crippen MR) is 85.9 cm³/mol. The van der Waals surface area contributed by atoms with Crippen molar-refractivity contribution in [2.75, 3.05) is 19.8 Å². The van der Waals surface area contributed by atoms with E-state index in [2.05, 4.69) is 25.2 Å². The number of benzene rings is 1. The largest absolute Gasteiger partial charge is 0.491 e. The summed E-state index contributed by atoms with van der Waals surface area (Å²) in [6.45, 7) is 6.67. The van der Waals surface area contributed by atoms with Gasteiger partial charge in [0.05, 0.1) is 12.7 Å². The highest BCUT2D eigenvalue weighted by atomic mass is 16.5. The Balaban J connectivity index is 1.63. The first-order chi connectivity index (χ1) is 10.6. The monoisotopic (exact) mass is 305 g/mol. The van der Waals surface area contributed by atoms with Crippen molar-refractivity contribution < 1.29 is 14.6 Å². The lowest BCUT2D eigenvalue weighted by Gasteiger charge is -2.60. The Kier molecular flexibility index (Phi) is 4.71. The van der Waals surface area contributed by atoms with E-state index in [0.717, 1.165) is 24.5 Å². The number of aliphatic hydroxyl groups is 1. The fraction of sp³-hybridized carbons (Fsp3) is 0.667. The Labute approximate surface area is 132 Å². The molecular weight excluding hydrogens is 278 g/mol. The number of nitrogens with one attached hydrogen (secondary N) is 1. The first kappa shape index (κ1) is 15.8. The van der Waals surface area contributed by atoms with Crippen LogP contribution in [-0.4, -0.2) is 37.1 Å². The number of fused-ring (bicyclic) bond motifs is 1.